The highest BCUT2D eigenvalue weighted by Crippen LogP contribution is 2.29. The van der Waals surface area contributed by atoms with E-state index < -0.39 is 0 Å². The summed E-state index contributed by atoms with van der Waals surface area (Å²) in [7, 11) is 0. The molecule has 24 heavy (non-hydrogen) atoms. The summed E-state index contributed by atoms with van der Waals surface area (Å²) in [5.74, 6) is 0.0353. The number of nitrogens with zero attached hydrogens (tertiary/aromatic N) is 3. The lowest BCUT2D eigenvalue weighted by atomic mass is 10.2. The van der Waals surface area contributed by atoms with E-state index in [2.05, 4.69) is 5.10 Å². The fourth-order valence-electron chi connectivity index (χ4n) is 2.78. The van der Waals surface area contributed by atoms with E-state index in [0.717, 1.165) is 37.1 Å². The van der Waals surface area contributed by atoms with Gasteiger partial charge < -0.3 is 10.0 Å². The van der Waals surface area contributed by atoms with E-state index >= 15 is 0 Å². The molecule has 0 atom stereocenters. The van der Waals surface area contributed by atoms with Crippen LogP contribution in [0.25, 0.3) is 5.69 Å². The number of hydrogen-bond donors (Lipinski definition) is 1. The summed E-state index contributed by atoms with van der Waals surface area (Å²) >= 11 is 5.92. The number of aliphatic hydroxyl groups is 1. The molecule has 6 heteroatoms. The SMILES string of the molecule is Cc1nn(-c2ccc(Cl)cc2)cc1C(=O)N(CCCCO)C1CC1. The van der Waals surface area contributed by atoms with Crippen LogP contribution in [0.3, 0.4) is 0 Å². The third-order valence-electron chi connectivity index (χ3n) is 4.28. The van der Waals surface area contributed by atoms with E-state index in [1.165, 1.54) is 0 Å². The zero-order valence-corrected chi connectivity index (χ0v) is 14.5. The predicted octanol–water partition coefficient (Wildman–Crippen LogP) is 3.21. The molecule has 1 fully saturated rings. The van der Waals surface area contributed by atoms with Crippen molar-refractivity contribution in [2.24, 2.45) is 0 Å². The van der Waals surface area contributed by atoms with Crippen LogP contribution >= 0.6 is 11.6 Å². The summed E-state index contributed by atoms with van der Waals surface area (Å²) in [6.07, 6.45) is 5.47. The number of rotatable bonds is 7. The number of aromatic nitrogens is 2. The molecule has 1 aromatic heterocycles. The van der Waals surface area contributed by atoms with E-state index in [9.17, 15) is 4.79 Å². The summed E-state index contributed by atoms with van der Waals surface area (Å²) in [5, 5.41) is 14.1. The highest BCUT2D eigenvalue weighted by Gasteiger charge is 2.33. The highest BCUT2D eigenvalue weighted by molar-refractivity contribution is 6.30. The number of carbonyl (C=O) groups is 1. The number of carbonyl (C=O) groups excluding carboxylic acids is 1. The average molecular weight is 348 g/mol. The van der Waals surface area contributed by atoms with Crippen LogP contribution in [-0.4, -0.2) is 44.9 Å². The second-order valence-corrected chi connectivity index (χ2v) is 6.65. The van der Waals surface area contributed by atoms with Crippen molar-refractivity contribution in [2.75, 3.05) is 13.2 Å². The lowest BCUT2D eigenvalue weighted by molar-refractivity contribution is 0.0736. The lowest BCUT2D eigenvalue weighted by Crippen LogP contribution is -2.34. The molecule has 1 saturated carbocycles. The summed E-state index contributed by atoms with van der Waals surface area (Å²) in [6, 6.07) is 7.71. The van der Waals surface area contributed by atoms with E-state index in [0.29, 0.717) is 23.2 Å². The van der Waals surface area contributed by atoms with Gasteiger partial charge in [0.1, 0.15) is 0 Å². The molecule has 0 spiro atoms. The van der Waals surface area contributed by atoms with Crippen LogP contribution in [0.4, 0.5) is 0 Å². The van der Waals surface area contributed by atoms with Gasteiger partial charge in [-0.1, -0.05) is 11.6 Å². The largest absolute Gasteiger partial charge is 0.396 e. The first kappa shape index (κ1) is 17.0. The number of amides is 1. The van der Waals surface area contributed by atoms with Crippen LogP contribution in [-0.2, 0) is 0 Å². The smallest absolute Gasteiger partial charge is 0.257 e. The summed E-state index contributed by atoms with van der Waals surface area (Å²) in [5.41, 5.74) is 2.24. The fourth-order valence-corrected chi connectivity index (χ4v) is 2.91. The Bertz CT molecular complexity index is 708. The maximum atomic E-state index is 12.9. The Morgan fingerprint density at radius 1 is 1.33 bits per heavy atom. The quantitative estimate of drug-likeness (QED) is 0.782. The first-order chi connectivity index (χ1) is 11.6. The van der Waals surface area contributed by atoms with E-state index in [1.807, 2.05) is 24.0 Å². The first-order valence-electron chi connectivity index (χ1n) is 8.34. The van der Waals surface area contributed by atoms with Gasteiger partial charge in [0.05, 0.1) is 16.9 Å². The molecular weight excluding hydrogens is 326 g/mol. The van der Waals surface area contributed by atoms with Gasteiger partial charge in [-0.2, -0.15) is 5.10 Å². The minimum Gasteiger partial charge on any atom is -0.396 e. The zero-order chi connectivity index (χ0) is 17.1. The van der Waals surface area contributed by atoms with Crippen molar-refractivity contribution < 1.29 is 9.90 Å². The predicted molar refractivity (Wildman–Crippen MR) is 93.7 cm³/mol. The van der Waals surface area contributed by atoms with Crippen LogP contribution < -0.4 is 0 Å². The maximum Gasteiger partial charge on any atom is 0.257 e. The molecule has 0 radical (unpaired) electrons. The third kappa shape index (κ3) is 3.79. The minimum atomic E-state index is 0.0353. The van der Waals surface area contributed by atoms with Gasteiger partial charge in [-0.15, -0.1) is 0 Å². The van der Waals surface area contributed by atoms with Crippen molar-refractivity contribution in [1.82, 2.24) is 14.7 Å². The van der Waals surface area contributed by atoms with Gasteiger partial charge in [-0.05, 0) is 56.9 Å². The van der Waals surface area contributed by atoms with Gasteiger partial charge in [0.2, 0.25) is 0 Å². The first-order valence-corrected chi connectivity index (χ1v) is 8.72. The Kier molecular flexibility index (Phi) is 5.21. The third-order valence-corrected chi connectivity index (χ3v) is 4.53. The monoisotopic (exact) mass is 347 g/mol. The van der Waals surface area contributed by atoms with Crippen LogP contribution in [0, 0.1) is 6.92 Å². The molecule has 0 unspecified atom stereocenters. The van der Waals surface area contributed by atoms with Crippen LogP contribution in [0.1, 0.15) is 41.7 Å². The number of unbranched alkanes of at least 4 members (excludes halogenated alkanes) is 1. The summed E-state index contributed by atoms with van der Waals surface area (Å²) < 4.78 is 1.72. The maximum absolute atomic E-state index is 12.9. The summed E-state index contributed by atoms with van der Waals surface area (Å²) in [6.45, 7) is 2.72. The normalized spacial score (nSPS) is 14.0. The number of aryl methyl sites for hydroxylation is 1. The van der Waals surface area contributed by atoms with Gasteiger partial charge in [0.15, 0.2) is 0 Å². The molecule has 1 aliphatic carbocycles. The lowest BCUT2D eigenvalue weighted by Gasteiger charge is -2.22. The van der Waals surface area contributed by atoms with Crippen molar-refractivity contribution in [1.29, 1.82) is 0 Å². The zero-order valence-electron chi connectivity index (χ0n) is 13.8. The van der Waals surface area contributed by atoms with Crippen molar-refractivity contribution in [3.05, 3.63) is 46.7 Å². The molecule has 0 bridgehead atoms. The van der Waals surface area contributed by atoms with Crippen LogP contribution in [0.5, 0.6) is 0 Å². The Morgan fingerprint density at radius 3 is 2.67 bits per heavy atom. The molecule has 1 aromatic carbocycles. The molecule has 0 saturated heterocycles. The molecule has 1 N–H and O–H groups in total. The van der Waals surface area contributed by atoms with Gasteiger partial charge in [0.25, 0.3) is 5.91 Å². The second-order valence-electron chi connectivity index (χ2n) is 6.21. The van der Waals surface area contributed by atoms with Gasteiger partial charge >= 0.3 is 0 Å². The van der Waals surface area contributed by atoms with Gasteiger partial charge in [-0.25, -0.2) is 4.68 Å². The molecule has 5 nitrogen and oxygen atoms in total. The van der Waals surface area contributed by atoms with Gasteiger partial charge in [-0.3, -0.25) is 4.79 Å². The number of benzene rings is 1. The Morgan fingerprint density at radius 2 is 2.04 bits per heavy atom. The van der Waals surface area contributed by atoms with Crippen molar-refractivity contribution in [3.63, 3.8) is 0 Å². The minimum absolute atomic E-state index is 0.0353. The van der Waals surface area contributed by atoms with E-state index in [1.54, 1.807) is 23.0 Å². The molecule has 1 aliphatic rings. The van der Waals surface area contributed by atoms with E-state index in [4.69, 9.17) is 16.7 Å². The Balaban J connectivity index is 1.80. The van der Waals surface area contributed by atoms with Crippen molar-refractivity contribution in [3.8, 4) is 5.69 Å². The Hall–Kier alpha value is -1.85. The fraction of sp³-hybridized carbons (Fsp3) is 0.444. The van der Waals surface area contributed by atoms with Crippen molar-refractivity contribution in [2.45, 2.75) is 38.6 Å². The average Bonchev–Trinajstić information content (AvgIpc) is 3.33. The number of hydrogen-bond acceptors (Lipinski definition) is 3. The molecular formula is C18H22ClN3O2. The molecule has 128 valence electrons. The van der Waals surface area contributed by atoms with Crippen LogP contribution in [0.15, 0.2) is 30.5 Å². The molecule has 1 amide bonds. The topological polar surface area (TPSA) is 58.4 Å². The summed E-state index contributed by atoms with van der Waals surface area (Å²) in [4.78, 5) is 14.9. The Labute approximate surface area is 146 Å². The number of halogens is 1. The van der Waals surface area contributed by atoms with Gasteiger partial charge in [0, 0.05) is 30.4 Å². The van der Waals surface area contributed by atoms with Crippen LogP contribution in [0.2, 0.25) is 5.02 Å². The molecule has 0 aliphatic heterocycles. The standard InChI is InChI=1S/C18H22ClN3O2/c1-13-17(12-22(20-13)16-6-4-14(19)5-7-16)18(24)21(15-8-9-15)10-2-3-11-23/h4-7,12,15,23H,2-3,8-11H2,1H3. The highest BCUT2D eigenvalue weighted by atomic mass is 35.5. The number of aliphatic hydroxyl groups excluding tert-OH is 1. The van der Waals surface area contributed by atoms with E-state index in [-0.39, 0.29) is 12.5 Å². The second kappa shape index (κ2) is 7.36. The molecule has 2 aromatic rings. The van der Waals surface area contributed by atoms with Crippen molar-refractivity contribution >= 4 is 17.5 Å². The molecule has 1 heterocycles. The molecule has 3 rings (SSSR count).